The van der Waals surface area contributed by atoms with Gasteiger partial charge < -0.3 is 4.42 Å². The number of pyridine rings is 2. The van der Waals surface area contributed by atoms with E-state index in [-0.39, 0.29) is 5.69 Å². The SMILES string of the molecule is [2H]C([2H])([2H])c1ccc2c(n1)oc1cc(C)c(-c3ccc(CC)c[n+]3C)cc12. The van der Waals surface area contributed by atoms with E-state index in [4.69, 9.17) is 8.53 Å². The lowest BCUT2D eigenvalue weighted by Crippen LogP contribution is -2.31. The fraction of sp³-hybridized carbons (Fsp3) is 0.238. The molecule has 0 aliphatic heterocycles. The lowest BCUT2D eigenvalue weighted by molar-refractivity contribution is -0.660. The molecule has 0 saturated heterocycles. The van der Waals surface area contributed by atoms with Crippen LogP contribution in [-0.4, -0.2) is 4.98 Å². The van der Waals surface area contributed by atoms with Gasteiger partial charge in [-0.05, 0) is 56.1 Å². The normalized spacial score (nSPS) is 13.9. The van der Waals surface area contributed by atoms with E-state index in [1.165, 1.54) is 5.56 Å². The second kappa shape index (κ2) is 5.45. The molecule has 0 amide bonds. The van der Waals surface area contributed by atoms with Gasteiger partial charge in [0.2, 0.25) is 11.4 Å². The molecule has 0 atom stereocenters. The monoisotopic (exact) mass is 320 g/mol. The molecule has 0 unspecified atom stereocenters. The van der Waals surface area contributed by atoms with Gasteiger partial charge in [-0.1, -0.05) is 6.92 Å². The second-order valence-corrected chi connectivity index (χ2v) is 6.20. The van der Waals surface area contributed by atoms with Crippen LogP contribution in [0.3, 0.4) is 0 Å². The Morgan fingerprint density at radius 2 is 2.04 bits per heavy atom. The van der Waals surface area contributed by atoms with Crippen molar-refractivity contribution in [3.63, 3.8) is 0 Å². The summed E-state index contributed by atoms with van der Waals surface area (Å²) in [6, 6.07) is 11.7. The largest absolute Gasteiger partial charge is 0.438 e. The summed E-state index contributed by atoms with van der Waals surface area (Å²) in [6.07, 6.45) is 3.15. The van der Waals surface area contributed by atoms with E-state index in [9.17, 15) is 0 Å². The summed E-state index contributed by atoms with van der Waals surface area (Å²) >= 11 is 0. The van der Waals surface area contributed by atoms with E-state index in [1.54, 1.807) is 12.1 Å². The summed E-state index contributed by atoms with van der Waals surface area (Å²) in [5.74, 6) is 0. The van der Waals surface area contributed by atoms with Crippen molar-refractivity contribution in [2.24, 2.45) is 7.05 Å². The van der Waals surface area contributed by atoms with Crippen LogP contribution in [0.1, 0.15) is 27.9 Å². The first kappa shape index (κ1) is 11.8. The van der Waals surface area contributed by atoms with Gasteiger partial charge in [0.1, 0.15) is 12.6 Å². The molecular formula is C21H21N2O+. The van der Waals surface area contributed by atoms with Gasteiger partial charge >= 0.3 is 0 Å². The molecule has 3 aromatic heterocycles. The van der Waals surface area contributed by atoms with Crippen molar-refractivity contribution in [2.45, 2.75) is 27.1 Å². The fourth-order valence-electron chi connectivity index (χ4n) is 3.23. The van der Waals surface area contributed by atoms with Crippen LogP contribution in [0, 0.1) is 13.8 Å². The molecule has 1 aromatic carbocycles. The van der Waals surface area contributed by atoms with Gasteiger partial charge in [-0.3, -0.25) is 0 Å². The van der Waals surface area contributed by atoms with Gasteiger partial charge in [-0.2, -0.15) is 0 Å². The van der Waals surface area contributed by atoms with Crippen molar-refractivity contribution in [3.8, 4) is 11.3 Å². The molecule has 0 aliphatic carbocycles. The van der Waals surface area contributed by atoms with Crippen LogP contribution >= 0.6 is 0 Å². The molecule has 0 aliphatic rings. The molecule has 4 aromatic rings. The molecule has 120 valence electrons. The van der Waals surface area contributed by atoms with Crippen molar-refractivity contribution in [2.75, 3.05) is 0 Å². The van der Waals surface area contributed by atoms with Gasteiger partial charge in [0.05, 0.1) is 0 Å². The lowest BCUT2D eigenvalue weighted by Gasteiger charge is -2.06. The maximum Gasteiger partial charge on any atom is 0.227 e. The summed E-state index contributed by atoms with van der Waals surface area (Å²) in [4.78, 5) is 4.22. The fourth-order valence-corrected chi connectivity index (χ4v) is 3.23. The Kier molecular flexibility index (Phi) is 2.68. The predicted octanol–water partition coefficient (Wildman–Crippen LogP) is 4.65. The molecule has 0 N–H and O–H groups in total. The highest BCUT2D eigenvalue weighted by Gasteiger charge is 2.17. The molecule has 0 fully saturated rings. The maximum absolute atomic E-state index is 7.55. The van der Waals surface area contributed by atoms with Crippen LogP contribution in [0.5, 0.6) is 0 Å². The first-order valence-electron chi connectivity index (χ1n) is 9.61. The highest BCUT2D eigenvalue weighted by Crippen LogP contribution is 2.33. The third kappa shape index (κ3) is 2.28. The van der Waals surface area contributed by atoms with Crippen molar-refractivity contribution in [1.29, 1.82) is 0 Å². The number of aromatic nitrogens is 2. The van der Waals surface area contributed by atoms with Gasteiger partial charge in [0.15, 0.2) is 6.20 Å². The molecular weight excluding hydrogens is 296 g/mol. The number of nitrogens with zero attached hydrogens (tertiary/aromatic N) is 2. The molecule has 0 bridgehead atoms. The Labute approximate surface area is 145 Å². The van der Waals surface area contributed by atoms with Gasteiger partial charge in [-0.15, -0.1) is 0 Å². The Bertz CT molecular complexity index is 1180. The summed E-state index contributed by atoms with van der Waals surface area (Å²) < 4.78 is 30.6. The zero-order chi connectivity index (χ0) is 19.3. The first-order valence-corrected chi connectivity index (χ1v) is 8.11. The average molecular weight is 320 g/mol. The number of fused-ring (bicyclic) bond motifs is 3. The van der Waals surface area contributed by atoms with Gasteiger partial charge in [0, 0.05) is 37.8 Å². The summed E-state index contributed by atoms with van der Waals surface area (Å²) in [5, 5.41) is 1.77. The molecule has 4 rings (SSSR count). The average Bonchev–Trinajstić information content (AvgIpc) is 2.96. The summed E-state index contributed by atoms with van der Waals surface area (Å²) in [5.41, 5.74) is 5.75. The Morgan fingerprint density at radius 1 is 1.17 bits per heavy atom. The van der Waals surface area contributed by atoms with Crippen LogP contribution in [0.25, 0.3) is 33.3 Å². The Morgan fingerprint density at radius 3 is 2.79 bits per heavy atom. The molecule has 0 saturated carbocycles. The number of hydrogen-bond donors (Lipinski definition) is 0. The summed E-state index contributed by atoms with van der Waals surface area (Å²) in [7, 11) is 2.05. The smallest absolute Gasteiger partial charge is 0.227 e. The van der Waals surface area contributed by atoms with E-state index in [2.05, 4.69) is 54.8 Å². The first-order chi connectivity index (χ1) is 12.8. The van der Waals surface area contributed by atoms with Gasteiger partial charge in [0.25, 0.3) is 0 Å². The molecule has 24 heavy (non-hydrogen) atoms. The van der Waals surface area contributed by atoms with Crippen LogP contribution in [0.2, 0.25) is 0 Å². The molecule has 0 radical (unpaired) electrons. The summed E-state index contributed by atoms with van der Waals surface area (Å²) in [6.45, 7) is 1.95. The van der Waals surface area contributed by atoms with Crippen molar-refractivity contribution in [1.82, 2.24) is 4.98 Å². The molecule has 3 heterocycles. The van der Waals surface area contributed by atoms with E-state index < -0.39 is 6.85 Å². The van der Waals surface area contributed by atoms with E-state index in [1.807, 2.05) is 6.07 Å². The Hall–Kier alpha value is -2.68. The Balaban J connectivity index is 1.93. The predicted molar refractivity (Wildman–Crippen MR) is 97.0 cm³/mol. The third-order valence-corrected chi connectivity index (χ3v) is 4.56. The van der Waals surface area contributed by atoms with Gasteiger partial charge in [-0.25, -0.2) is 9.55 Å². The number of rotatable bonds is 2. The number of hydrogen-bond acceptors (Lipinski definition) is 2. The minimum absolute atomic E-state index is 0.0487. The lowest BCUT2D eigenvalue weighted by atomic mass is 10.0. The van der Waals surface area contributed by atoms with Crippen LogP contribution < -0.4 is 4.57 Å². The number of benzene rings is 1. The maximum atomic E-state index is 7.55. The zero-order valence-corrected chi connectivity index (χ0v) is 14.1. The van der Waals surface area contributed by atoms with Crippen LogP contribution in [0.15, 0.2) is 47.0 Å². The van der Waals surface area contributed by atoms with Crippen molar-refractivity contribution >= 4 is 22.1 Å². The second-order valence-electron chi connectivity index (χ2n) is 6.20. The van der Waals surface area contributed by atoms with E-state index in [0.717, 1.165) is 34.0 Å². The third-order valence-electron chi connectivity index (χ3n) is 4.56. The van der Waals surface area contributed by atoms with Crippen LogP contribution in [-0.2, 0) is 13.5 Å². The minimum Gasteiger partial charge on any atom is -0.438 e. The van der Waals surface area contributed by atoms with Crippen molar-refractivity contribution < 1.29 is 13.1 Å². The highest BCUT2D eigenvalue weighted by molar-refractivity contribution is 6.05. The standard InChI is InChI=1S/C21H21N2O/c1-5-15-7-9-19(23(4)12-15)17-11-18-16-8-6-14(3)22-21(16)24-20(18)10-13(17)2/h6-12H,5H2,1-4H3/q+1/i3D3. The topological polar surface area (TPSA) is 29.9 Å². The molecule has 0 spiro atoms. The number of aryl methyl sites for hydroxylation is 4. The zero-order valence-electron chi connectivity index (χ0n) is 17.1. The highest BCUT2D eigenvalue weighted by atomic mass is 16.3. The van der Waals surface area contributed by atoms with E-state index in [0.29, 0.717) is 11.3 Å². The quantitative estimate of drug-likeness (QED) is 0.503. The minimum atomic E-state index is -2.25. The molecule has 3 heteroatoms. The molecule has 3 nitrogen and oxygen atoms in total. The van der Waals surface area contributed by atoms with Crippen LogP contribution in [0.4, 0.5) is 0 Å². The van der Waals surface area contributed by atoms with E-state index >= 15 is 0 Å². The van der Waals surface area contributed by atoms with Crippen molar-refractivity contribution in [3.05, 3.63) is 59.4 Å². The number of furan rings is 1.